The van der Waals surface area contributed by atoms with Gasteiger partial charge in [0.15, 0.2) is 0 Å². The predicted molar refractivity (Wildman–Crippen MR) is 97.8 cm³/mol. The second kappa shape index (κ2) is 5.72. The van der Waals surface area contributed by atoms with Crippen LogP contribution in [-0.2, 0) is 9.59 Å². The highest BCUT2D eigenvalue weighted by Crippen LogP contribution is 2.64. The highest BCUT2D eigenvalue weighted by Gasteiger charge is 2.61. The zero-order valence-corrected chi connectivity index (χ0v) is 16.3. The Morgan fingerprint density at radius 1 is 1.04 bits per heavy atom. The van der Waals surface area contributed by atoms with Crippen molar-refractivity contribution in [3.05, 3.63) is 0 Å². The number of carbonyl (C=O) groups is 2. The molecule has 1 N–H and O–H groups in total. The van der Waals surface area contributed by atoms with Crippen molar-refractivity contribution < 1.29 is 9.59 Å². The summed E-state index contributed by atoms with van der Waals surface area (Å²) in [6.07, 6.45) is 9.11. The molecule has 2 amide bonds. The molecule has 0 radical (unpaired) electrons. The third-order valence-electron chi connectivity index (χ3n) is 8.93. The molecule has 0 aromatic heterocycles. The minimum Gasteiger partial charge on any atom is -0.353 e. The first-order valence-electron chi connectivity index (χ1n) is 10.3. The quantitative estimate of drug-likeness (QED) is 0.791. The van der Waals surface area contributed by atoms with Crippen molar-refractivity contribution in [3.63, 3.8) is 0 Å². The van der Waals surface area contributed by atoms with E-state index in [4.69, 9.17) is 0 Å². The van der Waals surface area contributed by atoms with Crippen LogP contribution in [0.25, 0.3) is 0 Å². The zero-order valence-electron chi connectivity index (χ0n) is 16.3. The molecule has 140 valence electrons. The summed E-state index contributed by atoms with van der Waals surface area (Å²) < 4.78 is 0. The molecule has 4 aliphatic rings. The SMILES string of the molecule is CC(=O)N[C@H]1CC[C@H]2[C@@H]3CCC4N(C)C(=O)CC[C@]4(C)[C@H]3CC[C@]12C. The Morgan fingerprint density at radius 3 is 2.48 bits per heavy atom. The average molecular weight is 347 g/mol. The lowest BCUT2D eigenvalue weighted by Gasteiger charge is -2.61. The Labute approximate surface area is 152 Å². The normalized spacial score (nSPS) is 49.2. The summed E-state index contributed by atoms with van der Waals surface area (Å²) >= 11 is 0. The molecule has 0 aromatic rings. The molecule has 3 saturated carbocycles. The van der Waals surface area contributed by atoms with E-state index in [1.54, 1.807) is 6.92 Å². The highest BCUT2D eigenvalue weighted by molar-refractivity contribution is 5.77. The number of nitrogens with zero attached hydrogens (tertiary/aromatic N) is 1. The Bertz CT molecular complexity index is 590. The number of carbonyl (C=O) groups excluding carboxylic acids is 2. The van der Waals surface area contributed by atoms with Gasteiger partial charge in [-0.1, -0.05) is 13.8 Å². The molecule has 1 aliphatic heterocycles. The van der Waals surface area contributed by atoms with Crippen LogP contribution in [0.3, 0.4) is 0 Å². The van der Waals surface area contributed by atoms with E-state index in [1.807, 2.05) is 7.05 Å². The summed E-state index contributed by atoms with van der Waals surface area (Å²) in [5.41, 5.74) is 0.561. The number of piperidine rings is 1. The molecule has 1 saturated heterocycles. The van der Waals surface area contributed by atoms with Crippen LogP contribution in [0.1, 0.15) is 72.1 Å². The molecule has 1 heterocycles. The number of fused-ring (bicyclic) bond motifs is 5. The van der Waals surface area contributed by atoms with Gasteiger partial charge in [-0.15, -0.1) is 0 Å². The fraction of sp³-hybridized carbons (Fsp3) is 0.905. The number of hydrogen-bond acceptors (Lipinski definition) is 2. The summed E-state index contributed by atoms with van der Waals surface area (Å²) in [7, 11) is 2.03. The third kappa shape index (κ3) is 2.39. The van der Waals surface area contributed by atoms with Gasteiger partial charge >= 0.3 is 0 Å². The van der Waals surface area contributed by atoms with Crippen LogP contribution in [0, 0.1) is 28.6 Å². The third-order valence-corrected chi connectivity index (χ3v) is 8.93. The molecular formula is C21H34N2O2. The number of likely N-dealkylation sites (tertiary alicyclic amines) is 1. The fourth-order valence-electron chi connectivity index (χ4n) is 7.63. The molecule has 4 nitrogen and oxygen atoms in total. The number of nitrogens with one attached hydrogen (secondary N) is 1. The smallest absolute Gasteiger partial charge is 0.222 e. The van der Waals surface area contributed by atoms with Gasteiger partial charge in [-0.25, -0.2) is 0 Å². The number of hydrogen-bond donors (Lipinski definition) is 1. The Morgan fingerprint density at radius 2 is 1.76 bits per heavy atom. The van der Waals surface area contributed by atoms with E-state index >= 15 is 0 Å². The summed E-state index contributed by atoms with van der Waals surface area (Å²) in [5, 5.41) is 3.26. The zero-order chi connectivity index (χ0) is 18.0. The second-order valence-corrected chi connectivity index (χ2v) is 9.86. The van der Waals surface area contributed by atoms with Crippen LogP contribution in [0.15, 0.2) is 0 Å². The molecule has 0 bridgehead atoms. The first-order chi connectivity index (χ1) is 11.8. The van der Waals surface area contributed by atoms with Gasteiger partial charge in [0.1, 0.15) is 0 Å². The van der Waals surface area contributed by atoms with E-state index < -0.39 is 0 Å². The second-order valence-electron chi connectivity index (χ2n) is 9.86. The van der Waals surface area contributed by atoms with Crippen molar-refractivity contribution in [2.45, 2.75) is 84.2 Å². The van der Waals surface area contributed by atoms with Crippen LogP contribution in [0.5, 0.6) is 0 Å². The summed E-state index contributed by atoms with van der Waals surface area (Å²) in [6, 6.07) is 0.795. The largest absolute Gasteiger partial charge is 0.353 e. The molecule has 4 heteroatoms. The van der Waals surface area contributed by atoms with E-state index in [2.05, 4.69) is 24.1 Å². The molecular weight excluding hydrogens is 312 g/mol. The molecule has 0 aromatic carbocycles. The molecule has 25 heavy (non-hydrogen) atoms. The lowest BCUT2D eigenvalue weighted by Crippen LogP contribution is -2.62. The van der Waals surface area contributed by atoms with Gasteiger partial charge in [-0.05, 0) is 73.5 Å². The maximum absolute atomic E-state index is 12.2. The lowest BCUT2D eigenvalue weighted by atomic mass is 9.47. The van der Waals surface area contributed by atoms with Gasteiger partial charge in [-0.2, -0.15) is 0 Å². The predicted octanol–water partition coefficient (Wildman–Crippen LogP) is 3.35. The molecule has 0 spiro atoms. The standard InChI is InChI=1S/C21H34N2O2/c1-13(24)22-17-7-6-15-14-5-8-18-21(3,12-10-19(25)23(18)4)16(14)9-11-20(15,17)2/h14-18H,5-12H2,1-4H3,(H,22,24)/t14-,15-,16-,17-,18?,20-,21+/m0/s1. The van der Waals surface area contributed by atoms with E-state index in [0.29, 0.717) is 23.4 Å². The van der Waals surface area contributed by atoms with Crippen LogP contribution in [0.4, 0.5) is 0 Å². The Balaban J connectivity index is 1.60. The van der Waals surface area contributed by atoms with Gasteiger partial charge in [0.25, 0.3) is 0 Å². The molecule has 7 atom stereocenters. The summed E-state index contributed by atoms with van der Waals surface area (Å²) in [4.78, 5) is 25.9. The van der Waals surface area contributed by atoms with Crippen molar-refractivity contribution in [2.24, 2.45) is 28.6 Å². The van der Waals surface area contributed by atoms with Crippen LogP contribution in [0.2, 0.25) is 0 Å². The van der Waals surface area contributed by atoms with Crippen LogP contribution < -0.4 is 5.32 Å². The number of amides is 2. The minimum atomic E-state index is 0.122. The maximum Gasteiger partial charge on any atom is 0.222 e. The molecule has 4 fully saturated rings. The van der Waals surface area contributed by atoms with E-state index in [-0.39, 0.29) is 11.3 Å². The number of rotatable bonds is 1. The van der Waals surface area contributed by atoms with Gasteiger partial charge in [-0.3, -0.25) is 9.59 Å². The Hall–Kier alpha value is -1.06. The van der Waals surface area contributed by atoms with Crippen molar-refractivity contribution in [1.29, 1.82) is 0 Å². The topological polar surface area (TPSA) is 49.4 Å². The van der Waals surface area contributed by atoms with Crippen molar-refractivity contribution in [2.75, 3.05) is 7.05 Å². The van der Waals surface area contributed by atoms with Gasteiger partial charge in [0.2, 0.25) is 11.8 Å². The van der Waals surface area contributed by atoms with Crippen LogP contribution >= 0.6 is 0 Å². The maximum atomic E-state index is 12.2. The van der Waals surface area contributed by atoms with E-state index in [9.17, 15) is 9.59 Å². The summed E-state index contributed by atoms with van der Waals surface area (Å²) in [6.45, 7) is 6.57. The molecule has 1 unspecified atom stereocenters. The van der Waals surface area contributed by atoms with Gasteiger partial charge < -0.3 is 10.2 Å². The lowest BCUT2D eigenvalue weighted by molar-refractivity contribution is -0.157. The summed E-state index contributed by atoms with van der Waals surface area (Å²) in [5.74, 6) is 2.73. The van der Waals surface area contributed by atoms with Gasteiger partial charge in [0.05, 0.1) is 0 Å². The molecule has 3 aliphatic carbocycles. The Kier molecular flexibility index (Phi) is 3.97. The average Bonchev–Trinajstić information content (AvgIpc) is 2.88. The minimum absolute atomic E-state index is 0.122. The highest BCUT2D eigenvalue weighted by atomic mass is 16.2. The van der Waals surface area contributed by atoms with Crippen molar-refractivity contribution in [1.82, 2.24) is 10.2 Å². The first kappa shape index (κ1) is 17.4. The fourth-order valence-corrected chi connectivity index (χ4v) is 7.63. The van der Waals surface area contributed by atoms with Crippen LogP contribution in [-0.4, -0.2) is 35.8 Å². The first-order valence-corrected chi connectivity index (χ1v) is 10.3. The van der Waals surface area contributed by atoms with Crippen molar-refractivity contribution in [3.8, 4) is 0 Å². The van der Waals surface area contributed by atoms with Crippen molar-refractivity contribution >= 4 is 11.8 Å². The van der Waals surface area contributed by atoms with E-state index in [0.717, 1.165) is 43.4 Å². The van der Waals surface area contributed by atoms with E-state index in [1.165, 1.54) is 25.7 Å². The monoisotopic (exact) mass is 346 g/mol. The van der Waals surface area contributed by atoms with Gasteiger partial charge in [0, 0.05) is 32.5 Å². The molecule has 4 rings (SSSR count).